The molecule has 17 heavy (non-hydrogen) atoms. The Morgan fingerprint density at radius 1 is 1.59 bits per heavy atom. The summed E-state index contributed by atoms with van der Waals surface area (Å²) < 4.78 is 0. The van der Waals surface area contributed by atoms with Crippen molar-refractivity contribution < 1.29 is 4.79 Å². The summed E-state index contributed by atoms with van der Waals surface area (Å²) in [5, 5.41) is 0. The molecule has 0 N–H and O–H groups in total. The van der Waals surface area contributed by atoms with Crippen LogP contribution in [-0.4, -0.2) is 6.29 Å². The molecule has 0 radical (unpaired) electrons. The number of rotatable bonds is 5. The van der Waals surface area contributed by atoms with Crippen molar-refractivity contribution in [3.8, 4) is 0 Å². The van der Waals surface area contributed by atoms with Gasteiger partial charge in [-0.2, -0.15) is 0 Å². The Morgan fingerprint density at radius 3 is 2.76 bits per heavy atom. The van der Waals surface area contributed by atoms with E-state index in [1.54, 1.807) is 0 Å². The Labute approximate surface area is 105 Å². The van der Waals surface area contributed by atoms with Crippen LogP contribution in [0.5, 0.6) is 0 Å². The Hall–Kier alpha value is -1.11. The first-order chi connectivity index (χ1) is 8.04. The first kappa shape index (κ1) is 14.0. The molecule has 94 valence electrons. The quantitative estimate of drug-likeness (QED) is 0.505. The van der Waals surface area contributed by atoms with E-state index in [9.17, 15) is 4.79 Å². The Bertz CT molecular complexity index is 335. The SMILES string of the molecule is C=CC1(C=O)CCC(CCC=C(C)C)=CC1C. The fourth-order valence-electron chi connectivity index (χ4n) is 2.45. The standard InChI is InChI=1S/C16H24O/c1-5-16(12-17)10-9-15(11-14(16)4)8-6-7-13(2)3/h5,7,11-12,14H,1,6,8-10H2,2-4H3. The Morgan fingerprint density at radius 2 is 2.29 bits per heavy atom. The molecule has 1 nitrogen and oxygen atoms in total. The summed E-state index contributed by atoms with van der Waals surface area (Å²) in [6.45, 7) is 10.2. The van der Waals surface area contributed by atoms with Crippen molar-refractivity contribution in [2.45, 2.75) is 46.5 Å². The van der Waals surface area contributed by atoms with Crippen molar-refractivity contribution in [3.05, 3.63) is 36.0 Å². The first-order valence-corrected chi connectivity index (χ1v) is 6.47. The van der Waals surface area contributed by atoms with Gasteiger partial charge in [0.1, 0.15) is 6.29 Å². The molecule has 0 saturated carbocycles. The smallest absolute Gasteiger partial charge is 0.130 e. The van der Waals surface area contributed by atoms with Crippen LogP contribution in [0, 0.1) is 11.3 Å². The number of carbonyl (C=O) groups is 1. The second-order valence-corrected chi connectivity index (χ2v) is 5.37. The molecule has 0 aromatic rings. The molecule has 0 heterocycles. The molecule has 2 atom stereocenters. The van der Waals surface area contributed by atoms with Gasteiger partial charge in [-0.1, -0.05) is 36.3 Å². The summed E-state index contributed by atoms with van der Waals surface area (Å²) in [6.07, 6.45) is 11.7. The van der Waals surface area contributed by atoms with E-state index >= 15 is 0 Å². The van der Waals surface area contributed by atoms with Gasteiger partial charge in [0.25, 0.3) is 0 Å². The largest absolute Gasteiger partial charge is 0.302 e. The lowest BCUT2D eigenvalue weighted by molar-refractivity contribution is -0.115. The fourth-order valence-corrected chi connectivity index (χ4v) is 2.45. The van der Waals surface area contributed by atoms with Crippen molar-refractivity contribution in [2.24, 2.45) is 11.3 Å². The van der Waals surface area contributed by atoms with Crippen LogP contribution in [0.25, 0.3) is 0 Å². The minimum atomic E-state index is -0.319. The number of hydrogen-bond donors (Lipinski definition) is 0. The van der Waals surface area contributed by atoms with Crippen molar-refractivity contribution in [1.82, 2.24) is 0 Å². The van der Waals surface area contributed by atoms with Crippen LogP contribution in [0.1, 0.15) is 46.5 Å². The van der Waals surface area contributed by atoms with Gasteiger partial charge in [0.05, 0.1) is 0 Å². The van der Waals surface area contributed by atoms with Crippen molar-refractivity contribution >= 4 is 6.29 Å². The summed E-state index contributed by atoms with van der Waals surface area (Å²) >= 11 is 0. The van der Waals surface area contributed by atoms with Crippen molar-refractivity contribution in [3.63, 3.8) is 0 Å². The second-order valence-electron chi connectivity index (χ2n) is 5.37. The summed E-state index contributed by atoms with van der Waals surface area (Å²) in [4.78, 5) is 11.2. The zero-order chi connectivity index (χ0) is 12.9. The minimum absolute atomic E-state index is 0.285. The lowest BCUT2D eigenvalue weighted by Gasteiger charge is -2.34. The molecule has 0 aliphatic heterocycles. The van der Waals surface area contributed by atoms with Crippen LogP contribution < -0.4 is 0 Å². The molecule has 0 spiro atoms. The predicted octanol–water partition coefficient (Wildman–Crippen LogP) is 4.46. The van der Waals surface area contributed by atoms with Crippen LogP contribution in [0.2, 0.25) is 0 Å². The fraction of sp³-hybridized carbons (Fsp3) is 0.562. The maximum absolute atomic E-state index is 11.2. The van der Waals surface area contributed by atoms with E-state index < -0.39 is 0 Å². The second kappa shape index (κ2) is 6.00. The number of allylic oxidation sites excluding steroid dienone is 5. The van der Waals surface area contributed by atoms with Crippen LogP contribution >= 0.6 is 0 Å². The highest BCUT2D eigenvalue weighted by molar-refractivity contribution is 5.64. The molecule has 1 aliphatic rings. The van der Waals surface area contributed by atoms with E-state index in [1.165, 1.54) is 11.1 Å². The van der Waals surface area contributed by atoms with E-state index in [-0.39, 0.29) is 11.3 Å². The third kappa shape index (κ3) is 3.42. The van der Waals surface area contributed by atoms with Crippen LogP contribution in [0.4, 0.5) is 0 Å². The van der Waals surface area contributed by atoms with Crippen molar-refractivity contribution in [2.75, 3.05) is 0 Å². The van der Waals surface area contributed by atoms with E-state index in [4.69, 9.17) is 0 Å². The number of hydrogen-bond acceptors (Lipinski definition) is 1. The molecule has 0 amide bonds. The minimum Gasteiger partial charge on any atom is -0.302 e. The number of aldehydes is 1. The highest BCUT2D eigenvalue weighted by Gasteiger charge is 2.34. The molecular weight excluding hydrogens is 208 g/mol. The summed E-state index contributed by atoms with van der Waals surface area (Å²) in [5.41, 5.74) is 2.55. The van der Waals surface area contributed by atoms with Gasteiger partial charge in [-0.05, 0) is 45.4 Å². The summed E-state index contributed by atoms with van der Waals surface area (Å²) in [5.74, 6) is 0.285. The van der Waals surface area contributed by atoms with Gasteiger partial charge in [0, 0.05) is 5.41 Å². The number of carbonyl (C=O) groups excluding carboxylic acids is 1. The third-order valence-electron chi connectivity index (χ3n) is 3.83. The highest BCUT2D eigenvalue weighted by Crippen LogP contribution is 2.40. The van der Waals surface area contributed by atoms with Crippen molar-refractivity contribution in [1.29, 1.82) is 0 Å². The average Bonchev–Trinajstić information content (AvgIpc) is 2.30. The normalized spacial score (nSPS) is 28.2. The molecule has 1 heteroatoms. The molecule has 0 aromatic carbocycles. The third-order valence-corrected chi connectivity index (χ3v) is 3.83. The zero-order valence-electron chi connectivity index (χ0n) is 11.3. The van der Waals surface area contributed by atoms with Gasteiger partial charge < -0.3 is 4.79 Å². The first-order valence-electron chi connectivity index (χ1n) is 6.47. The molecule has 0 aromatic heterocycles. The topological polar surface area (TPSA) is 17.1 Å². The molecule has 1 aliphatic carbocycles. The highest BCUT2D eigenvalue weighted by atomic mass is 16.1. The van der Waals surface area contributed by atoms with Gasteiger partial charge in [-0.25, -0.2) is 0 Å². The van der Waals surface area contributed by atoms with Gasteiger partial charge in [0.2, 0.25) is 0 Å². The predicted molar refractivity (Wildman–Crippen MR) is 73.8 cm³/mol. The van der Waals surface area contributed by atoms with Gasteiger partial charge in [-0.15, -0.1) is 6.58 Å². The lowest BCUT2D eigenvalue weighted by atomic mass is 9.69. The lowest BCUT2D eigenvalue weighted by Crippen LogP contribution is -2.30. The van der Waals surface area contributed by atoms with E-state index in [2.05, 4.69) is 39.5 Å². The van der Waals surface area contributed by atoms with Gasteiger partial charge in [0.15, 0.2) is 0 Å². The van der Waals surface area contributed by atoms with E-state index in [0.29, 0.717) is 0 Å². The van der Waals surface area contributed by atoms with Crippen LogP contribution in [0.3, 0.4) is 0 Å². The van der Waals surface area contributed by atoms with Crippen LogP contribution in [-0.2, 0) is 4.79 Å². The molecule has 0 saturated heterocycles. The summed E-state index contributed by atoms with van der Waals surface area (Å²) in [7, 11) is 0. The molecule has 0 bridgehead atoms. The molecular formula is C16H24O. The molecule has 1 rings (SSSR count). The maximum atomic E-state index is 11.2. The zero-order valence-corrected chi connectivity index (χ0v) is 11.3. The Balaban J connectivity index is 2.66. The Kier molecular flexibility index (Phi) is 4.92. The van der Waals surface area contributed by atoms with E-state index in [1.807, 2.05) is 6.08 Å². The molecule has 2 unspecified atom stereocenters. The molecule has 0 fully saturated rings. The maximum Gasteiger partial charge on any atom is 0.130 e. The van der Waals surface area contributed by atoms with Gasteiger partial charge in [-0.3, -0.25) is 0 Å². The van der Waals surface area contributed by atoms with E-state index in [0.717, 1.165) is 32.0 Å². The van der Waals surface area contributed by atoms with Crippen LogP contribution in [0.15, 0.2) is 36.0 Å². The average molecular weight is 232 g/mol. The summed E-state index contributed by atoms with van der Waals surface area (Å²) in [6, 6.07) is 0. The monoisotopic (exact) mass is 232 g/mol. The van der Waals surface area contributed by atoms with Gasteiger partial charge >= 0.3 is 0 Å².